The van der Waals surface area contributed by atoms with Crippen LogP contribution in [0, 0.1) is 6.92 Å². The van der Waals surface area contributed by atoms with Crippen LogP contribution in [0.15, 0.2) is 40.9 Å². The molecule has 0 saturated heterocycles. The lowest BCUT2D eigenvalue weighted by Crippen LogP contribution is -2.30. The van der Waals surface area contributed by atoms with Crippen molar-refractivity contribution in [2.24, 2.45) is 0 Å². The highest BCUT2D eigenvalue weighted by Crippen LogP contribution is 2.25. The van der Waals surface area contributed by atoms with Gasteiger partial charge in [-0.15, -0.1) is 0 Å². The van der Waals surface area contributed by atoms with Gasteiger partial charge in [-0.1, -0.05) is 29.4 Å². The van der Waals surface area contributed by atoms with Gasteiger partial charge in [0.15, 0.2) is 5.82 Å². The topological polar surface area (TPSA) is 77.2 Å². The number of rotatable bonds is 5. The number of nitrogens with zero attached hydrogens (tertiary/aromatic N) is 2. The number of amides is 1. The van der Waals surface area contributed by atoms with Crippen molar-refractivity contribution < 1.29 is 14.1 Å². The molecule has 0 fully saturated rings. The molecule has 130 valence electrons. The molecule has 1 amide bonds. The van der Waals surface area contributed by atoms with Gasteiger partial charge in [-0.25, -0.2) is 0 Å². The van der Waals surface area contributed by atoms with Crippen molar-refractivity contribution in [3.8, 4) is 5.75 Å². The number of hydrogen-bond donors (Lipinski definition) is 1. The summed E-state index contributed by atoms with van der Waals surface area (Å²) in [7, 11) is 1.65. The standard InChI is InChI=1S/C19H21N3O3/c1-11(18(23)20-12(2)19-21-13(3)22-25-19)14-5-6-16-10-17(24-4)8-7-15(16)9-14/h5-12H,1-4H3,(H,20,23)/t11-,12+/m0/s1. The molecule has 6 nitrogen and oxygen atoms in total. The first-order valence-electron chi connectivity index (χ1n) is 8.16. The molecule has 1 heterocycles. The number of hydrogen-bond acceptors (Lipinski definition) is 5. The summed E-state index contributed by atoms with van der Waals surface area (Å²) in [6, 6.07) is 11.5. The fraction of sp³-hybridized carbons (Fsp3) is 0.316. The lowest BCUT2D eigenvalue weighted by atomic mass is 9.96. The number of benzene rings is 2. The van der Waals surface area contributed by atoms with Gasteiger partial charge in [-0.2, -0.15) is 4.98 Å². The quantitative estimate of drug-likeness (QED) is 0.769. The van der Waals surface area contributed by atoms with Crippen LogP contribution in [-0.4, -0.2) is 23.2 Å². The molecule has 0 unspecified atom stereocenters. The molecular formula is C19H21N3O3. The van der Waals surface area contributed by atoms with Gasteiger partial charge in [0.1, 0.15) is 11.8 Å². The molecule has 3 rings (SSSR count). The van der Waals surface area contributed by atoms with Gasteiger partial charge in [-0.05, 0) is 49.2 Å². The molecule has 2 atom stereocenters. The number of carbonyl (C=O) groups is 1. The van der Waals surface area contributed by atoms with E-state index < -0.39 is 0 Å². The Bertz CT molecular complexity index is 904. The Morgan fingerprint density at radius 2 is 1.88 bits per heavy atom. The average Bonchev–Trinajstić information content (AvgIpc) is 3.06. The van der Waals surface area contributed by atoms with Gasteiger partial charge in [0.25, 0.3) is 0 Å². The van der Waals surface area contributed by atoms with Crippen LogP contribution in [-0.2, 0) is 4.79 Å². The summed E-state index contributed by atoms with van der Waals surface area (Å²) in [5, 5.41) is 8.81. The first kappa shape index (κ1) is 17.0. The monoisotopic (exact) mass is 339 g/mol. The fourth-order valence-corrected chi connectivity index (χ4v) is 2.68. The van der Waals surface area contributed by atoms with Crippen LogP contribution >= 0.6 is 0 Å². The molecule has 1 aromatic heterocycles. The van der Waals surface area contributed by atoms with E-state index in [4.69, 9.17) is 9.26 Å². The molecule has 6 heteroatoms. The Hall–Kier alpha value is -2.89. The Balaban J connectivity index is 1.76. The molecule has 25 heavy (non-hydrogen) atoms. The van der Waals surface area contributed by atoms with Crippen molar-refractivity contribution >= 4 is 16.7 Å². The lowest BCUT2D eigenvalue weighted by molar-refractivity contribution is -0.123. The molecule has 1 N–H and O–H groups in total. The summed E-state index contributed by atoms with van der Waals surface area (Å²) >= 11 is 0. The summed E-state index contributed by atoms with van der Waals surface area (Å²) in [6.45, 7) is 5.45. The smallest absolute Gasteiger partial charge is 0.248 e. The van der Waals surface area contributed by atoms with E-state index in [9.17, 15) is 4.79 Å². The number of fused-ring (bicyclic) bond motifs is 1. The van der Waals surface area contributed by atoms with Gasteiger partial charge in [0.05, 0.1) is 13.0 Å². The average molecular weight is 339 g/mol. The predicted octanol–water partition coefficient (Wildman–Crippen LogP) is 3.52. The van der Waals surface area contributed by atoms with E-state index in [0.717, 1.165) is 22.1 Å². The zero-order valence-corrected chi connectivity index (χ0v) is 14.7. The normalized spacial score (nSPS) is 13.4. The maximum absolute atomic E-state index is 12.5. The van der Waals surface area contributed by atoms with Crippen molar-refractivity contribution in [3.05, 3.63) is 53.7 Å². The fourth-order valence-electron chi connectivity index (χ4n) is 2.68. The van der Waals surface area contributed by atoms with Gasteiger partial charge in [-0.3, -0.25) is 4.79 Å². The van der Waals surface area contributed by atoms with Crippen molar-refractivity contribution in [2.45, 2.75) is 32.7 Å². The zero-order chi connectivity index (χ0) is 18.0. The van der Waals surface area contributed by atoms with Gasteiger partial charge < -0.3 is 14.6 Å². The van der Waals surface area contributed by atoms with Crippen molar-refractivity contribution in [3.63, 3.8) is 0 Å². The first-order chi connectivity index (χ1) is 12.0. The number of methoxy groups -OCH3 is 1. The van der Waals surface area contributed by atoms with Gasteiger partial charge in [0.2, 0.25) is 11.8 Å². The molecule has 0 saturated carbocycles. The lowest BCUT2D eigenvalue weighted by Gasteiger charge is -2.16. The van der Waals surface area contributed by atoms with E-state index in [1.165, 1.54) is 0 Å². The predicted molar refractivity (Wildman–Crippen MR) is 94.5 cm³/mol. The number of ether oxygens (including phenoxy) is 1. The van der Waals surface area contributed by atoms with E-state index in [0.29, 0.717) is 11.7 Å². The van der Waals surface area contributed by atoms with Crippen LogP contribution in [0.3, 0.4) is 0 Å². The highest BCUT2D eigenvalue weighted by atomic mass is 16.5. The van der Waals surface area contributed by atoms with Crippen molar-refractivity contribution in [1.82, 2.24) is 15.5 Å². The second-order valence-corrected chi connectivity index (χ2v) is 6.10. The van der Waals surface area contributed by atoms with Crippen LogP contribution in [0.2, 0.25) is 0 Å². The Morgan fingerprint density at radius 1 is 1.16 bits per heavy atom. The molecule has 0 radical (unpaired) electrons. The minimum absolute atomic E-state index is 0.0868. The highest BCUT2D eigenvalue weighted by molar-refractivity contribution is 5.88. The Morgan fingerprint density at radius 3 is 2.56 bits per heavy atom. The van der Waals surface area contributed by atoms with Gasteiger partial charge >= 0.3 is 0 Å². The van der Waals surface area contributed by atoms with E-state index in [1.807, 2.05) is 50.2 Å². The van der Waals surface area contributed by atoms with Crippen LogP contribution in [0.4, 0.5) is 0 Å². The molecule has 0 aliphatic carbocycles. The third-order valence-corrected chi connectivity index (χ3v) is 4.24. The second-order valence-electron chi connectivity index (χ2n) is 6.10. The third-order valence-electron chi connectivity index (χ3n) is 4.24. The molecule has 0 aliphatic rings. The Labute approximate surface area is 146 Å². The van der Waals surface area contributed by atoms with Crippen LogP contribution in [0.1, 0.15) is 43.1 Å². The maximum Gasteiger partial charge on any atom is 0.248 e. The van der Waals surface area contributed by atoms with Gasteiger partial charge in [0, 0.05) is 0 Å². The third kappa shape index (κ3) is 3.63. The van der Waals surface area contributed by atoms with Crippen LogP contribution in [0.5, 0.6) is 5.75 Å². The maximum atomic E-state index is 12.5. The summed E-state index contributed by atoms with van der Waals surface area (Å²) in [5.74, 6) is 1.39. The molecule has 0 spiro atoms. The Kier molecular flexibility index (Phi) is 4.70. The molecule has 3 aromatic rings. The number of nitrogens with one attached hydrogen (secondary N) is 1. The molecule has 0 aliphatic heterocycles. The summed E-state index contributed by atoms with van der Waals surface area (Å²) in [6.07, 6.45) is 0. The van der Waals surface area contributed by atoms with Crippen molar-refractivity contribution in [1.29, 1.82) is 0 Å². The minimum atomic E-state index is -0.333. The van der Waals surface area contributed by atoms with Crippen LogP contribution in [0.25, 0.3) is 10.8 Å². The largest absolute Gasteiger partial charge is 0.497 e. The summed E-state index contributed by atoms with van der Waals surface area (Å²) < 4.78 is 10.3. The highest BCUT2D eigenvalue weighted by Gasteiger charge is 2.21. The van der Waals surface area contributed by atoms with Crippen LogP contribution < -0.4 is 10.1 Å². The van der Waals surface area contributed by atoms with E-state index in [-0.39, 0.29) is 17.9 Å². The van der Waals surface area contributed by atoms with E-state index in [2.05, 4.69) is 15.5 Å². The molecule has 0 bridgehead atoms. The summed E-state index contributed by atoms with van der Waals surface area (Å²) in [5.41, 5.74) is 0.948. The summed E-state index contributed by atoms with van der Waals surface area (Å²) in [4.78, 5) is 16.7. The first-order valence-corrected chi connectivity index (χ1v) is 8.16. The van der Waals surface area contributed by atoms with E-state index >= 15 is 0 Å². The SMILES string of the molecule is COc1ccc2cc([C@H](C)C(=O)N[C@H](C)c3nc(C)no3)ccc2c1. The minimum Gasteiger partial charge on any atom is -0.497 e. The number of aryl methyl sites for hydroxylation is 1. The zero-order valence-electron chi connectivity index (χ0n) is 14.7. The van der Waals surface area contributed by atoms with Crippen molar-refractivity contribution in [2.75, 3.05) is 7.11 Å². The number of aromatic nitrogens is 2. The molecular weight excluding hydrogens is 318 g/mol. The molecule has 2 aromatic carbocycles. The second kappa shape index (κ2) is 6.93. The van der Waals surface area contributed by atoms with E-state index in [1.54, 1.807) is 14.0 Å². The number of carbonyl (C=O) groups excluding carboxylic acids is 1.